The number of carbonyl (C=O) groups excluding carboxylic acids is 1. The van der Waals surface area contributed by atoms with Crippen LogP contribution in [0.5, 0.6) is 0 Å². The van der Waals surface area contributed by atoms with Crippen LogP contribution in [0.3, 0.4) is 0 Å². The monoisotopic (exact) mass is 270 g/mol. The lowest BCUT2D eigenvalue weighted by Crippen LogP contribution is -2.41. The molecule has 2 amide bonds. The molecule has 19 heavy (non-hydrogen) atoms. The first-order chi connectivity index (χ1) is 9.11. The van der Waals surface area contributed by atoms with Gasteiger partial charge in [-0.25, -0.2) is 4.79 Å². The number of nitrogens with one attached hydrogen (secondary N) is 2. The number of furan rings is 1. The summed E-state index contributed by atoms with van der Waals surface area (Å²) in [6, 6.07) is 3.25. The van der Waals surface area contributed by atoms with Crippen LogP contribution in [0.25, 0.3) is 0 Å². The van der Waals surface area contributed by atoms with Gasteiger partial charge in [0.1, 0.15) is 5.76 Å². The van der Waals surface area contributed by atoms with Crippen molar-refractivity contribution in [2.24, 2.45) is 0 Å². The maximum absolute atomic E-state index is 11.4. The minimum absolute atomic E-state index is 0.148. The molecule has 1 unspecified atom stereocenters. The summed E-state index contributed by atoms with van der Waals surface area (Å²) in [5.74, 6) is -0.173. The molecule has 7 nitrogen and oxygen atoms in total. The maximum atomic E-state index is 11.4. The SMILES string of the molecule is COC(CNC(=O)NCCc1ccco1)CC(=O)O. The summed E-state index contributed by atoms with van der Waals surface area (Å²) in [4.78, 5) is 21.9. The Morgan fingerprint density at radius 3 is 2.84 bits per heavy atom. The van der Waals surface area contributed by atoms with E-state index in [1.807, 2.05) is 6.07 Å². The lowest BCUT2D eigenvalue weighted by Gasteiger charge is -2.14. The number of ether oxygens (including phenoxy) is 1. The van der Waals surface area contributed by atoms with E-state index in [0.717, 1.165) is 5.76 Å². The van der Waals surface area contributed by atoms with E-state index < -0.39 is 12.1 Å². The Kier molecular flexibility index (Phi) is 6.45. The second-order valence-corrected chi connectivity index (χ2v) is 3.92. The van der Waals surface area contributed by atoms with Crippen LogP contribution in [0, 0.1) is 0 Å². The molecular formula is C12H18N2O5. The molecule has 0 aliphatic rings. The van der Waals surface area contributed by atoms with Crippen LogP contribution < -0.4 is 10.6 Å². The van der Waals surface area contributed by atoms with Crippen molar-refractivity contribution in [3.63, 3.8) is 0 Å². The Bertz CT molecular complexity index is 391. The third-order valence-electron chi connectivity index (χ3n) is 2.46. The Morgan fingerprint density at radius 2 is 2.26 bits per heavy atom. The van der Waals surface area contributed by atoms with E-state index in [1.54, 1.807) is 12.3 Å². The van der Waals surface area contributed by atoms with Gasteiger partial charge in [-0.3, -0.25) is 4.79 Å². The van der Waals surface area contributed by atoms with Gasteiger partial charge in [-0.1, -0.05) is 0 Å². The second kappa shape index (κ2) is 8.15. The molecule has 0 aliphatic carbocycles. The van der Waals surface area contributed by atoms with E-state index in [0.29, 0.717) is 13.0 Å². The zero-order valence-electron chi connectivity index (χ0n) is 10.7. The minimum atomic E-state index is -0.966. The number of aliphatic carboxylic acids is 1. The highest BCUT2D eigenvalue weighted by Gasteiger charge is 2.13. The molecule has 0 radical (unpaired) electrons. The van der Waals surface area contributed by atoms with Crippen molar-refractivity contribution in [1.82, 2.24) is 10.6 Å². The fraction of sp³-hybridized carbons (Fsp3) is 0.500. The summed E-state index contributed by atoms with van der Waals surface area (Å²) in [5, 5.41) is 13.8. The van der Waals surface area contributed by atoms with Crippen LogP contribution in [-0.4, -0.2) is 43.4 Å². The number of urea groups is 1. The summed E-state index contributed by atoms with van der Waals surface area (Å²) in [5.41, 5.74) is 0. The van der Waals surface area contributed by atoms with Gasteiger partial charge in [0.25, 0.3) is 0 Å². The average Bonchev–Trinajstić information content (AvgIpc) is 2.87. The standard InChI is InChI=1S/C12H18N2O5/c1-18-10(7-11(15)16)8-14-12(17)13-5-4-9-3-2-6-19-9/h2-3,6,10H,4-5,7-8H2,1H3,(H,15,16)(H2,13,14,17). The molecule has 0 spiro atoms. The van der Waals surface area contributed by atoms with E-state index in [4.69, 9.17) is 14.3 Å². The summed E-state index contributed by atoms with van der Waals surface area (Å²) in [6.07, 6.45) is 1.49. The molecule has 106 valence electrons. The Labute approximate surface area is 110 Å². The molecule has 0 aromatic carbocycles. The van der Waals surface area contributed by atoms with Crippen LogP contribution in [0.1, 0.15) is 12.2 Å². The number of carbonyl (C=O) groups is 2. The number of methoxy groups -OCH3 is 1. The molecule has 1 aromatic rings. The largest absolute Gasteiger partial charge is 0.481 e. The van der Waals surface area contributed by atoms with Crippen molar-refractivity contribution in [1.29, 1.82) is 0 Å². The van der Waals surface area contributed by atoms with Gasteiger partial charge < -0.3 is 24.9 Å². The molecule has 1 heterocycles. The van der Waals surface area contributed by atoms with E-state index in [-0.39, 0.29) is 19.0 Å². The fourth-order valence-corrected chi connectivity index (χ4v) is 1.46. The smallest absolute Gasteiger partial charge is 0.314 e. The van der Waals surface area contributed by atoms with Crippen molar-refractivity contribution in [2.45, 2.75) is 18.9 Å². The molecule has 0 saturated carbocycles. The number of hydrogen-bond acceptors (Lipinski definition) is 4. The number of carboxylic acid groups (broad SMARTS) is 1. The number of carboxylic acids is 1. The van der Waals surface area contributed by atoms with E-state index in [9.17, 15) is 9.59 Å². The van der Waals surface area contributed by atoms with Crippen molar-refractivity contribution >= 4 is 12.0 Å². The molecule has 0 aliphatic heterocycles. The highest BCUT2D eigenvalue weighted by atomic mass is 16.5. The Hall–Kier alpha value is -2.02. The predicted octanol–water partition coefficient (Wildman–Crippen LogP) is 0.611. The predicted molar refractivity (Wildman–Crippen MR) is 66.9 cm³/mol. The fourth-order valence-electron chi connectivity index (χ4n) is 1.46. The van der Waals surface area contributed by atoms with Gasteiger partial charge in [-0.15, -0.1) is 0 Å². The summed E-state index contributed by atoms with van der Waals surface area (Å²) in [7, 11) is 1.41. The summed E-state index contributed by atoms with van der Waals surface area (Å²) < 4.78 is 10.1. The Morgan fingerprint density at radius 1 is 1.47 bits per heavy atom. The van der Waals surface area contributed by atoms with Crippen molar-refractivity contribution in [3.8, 4) is 0 Å². The van der Waals surface area contributed by atoms with Crippen LogP contribution in [0.15, 0.2) is 22.8 Å². The van der Waals surface area contributed by atoms with E-state index in [1.165, 1.54) is 7.11 Å². The molecule has 0 fully saturated rings. The molecule has 0 saturated heterocycles. The Balaban J connectivity index is 2.14. The second-order valence-electron chi connectivity index (χ2n) is 3.92. The van der Waals surface area contributed by atoms with Crippen LogP contribution in [0.4, 0.5) is 4.79 Å². The van der Waals surface area contributed by atoms with Gasteiger partial charge in [-0.2, -0.15) is 0 Å². The molecule has 1 atom stereocenters. The van der Waals surface area contributed by atoms with Gasteiger partial charge in [0.2, 0.25) is 0 Å². The van der Waals surface area contributed by atoms with Crippen molar-refractivity contribution in [2.75, 3.05) is 20.2 Å². The first-order valence-electron chi connectivity index (χ1n) is 5.90. The van der Waals surface area contributed by atoms with Crippen LogP contribution in [0.2, 0.25) is 0 Å². The zero-order valence-corrected chi connectivity index (χ0v) is 10.7. The molecular weight excluding hydrogens is 252 g/mol. The highest BCUT2D eigenvalue weighted by Crippen LogP contribution is 1.99. The molecule has 1 aromatic heterocycles. The van der Waals surface area contributed by atoms with Gasteiger partial charge in [-0.05, 0) is 12.1 Å². The van der Waals surface area contributed by atoms with Gasteiger partial charge >= 0.3 is 12.0 Å². The van der Waals surface area contributed by atoms with Gasteiger partial charge in [0.05, 0.1) is 18.8 Å². The summed E-state index contributed by atoms with van der Waals surface area (Å²) >= 11 is 0. The molecule has 3 N–H and O–H groups in total. The molecule has 0 bridgehead atoms. The minimum Gasteiger partial charge on any atom is -0.481 e. The lowest BCUT2D eigenvalue weighted by atomic mass is 10.2. The third kappa shape index (κ3) is 6.46. The van der Waals surface area contributed by atoms with E-state index in [2.05, 4.69) is 10.6 Å². The van der Waals surface area contributed by atoms with Gasteiger partial charge in [0.15, 0.2) is 0 Å². The first-order valence-corrected chi connectivity index (χ1v) is 5.90. The number of amides is 2. The van der Waals surface area contributed by atoms with Crippen LogP contribution >= 0.6 is 0 Å². The number of hydrogen-bond donors (Lipinski definition) is 3. The maximum Gasteiger partial charge on any atom is 0.314 e. The zero-order chi connectivity index (χ0) is 14.1. The lowest BCUT2D eigenvalue weighted by molar-refractivity contribution is -0.139. The molecule has 1 rings (SSSR count). The first kappa shape index (κ1) is 15.0. The van der Waals surface area contributed by atoms with E-state index >= 15 is 0 Å². The highest BCUT2D eigenvalue weighted by molar-refractivity contribution is 5.74. The molecule has 7 heteroatoms. The van der Waals surface area contributed by atoms with Crippen molar-refractivity contribution in [3.05, 3.63) is 24.2 Å². The van der Waals surface area contributed by atoms with Gasteiger partial charge in [0, 0.05) is 26.6 Å². The topological polar surface area (TPSA) is 101 Å². The summed E-state index contributed by atoms with van der Waals surface area (Å²) in [6.45, 7) is 0.589. The van der Waals surface area contributed by atoms with Crippen LogP contribution in [-0.2, 0) is 16.0 Å². The number of rotatable bonds is 8. The average molecular weight is 270 g/mol. The normalized spacial score (nSPS) is 11.8. The third-order valence-corrected chi connectivity index (χ3v) is 2.46. The van der Waals surface area contributed by atoms with Crippen molar-refractivity contribution < 1.29 is 23.8 Å². The quantitative estimate of drug-likeness (QED) is 0.642.